The minimum Gasteiger partial charge on any atom is -0.391 e. The molecule has 0 aliphatic carbocycles. The van der Waals surface area contributed by atoms with Crippen molar-refractivity contribution in [3.8, 4) is 0 Å². The van der Waals surface area contributed by atoms with Gasteiger partial charge in [-0.05, 0) is 119 Å². The van der Waals surface area contributed by atoms with Gasteiger partial charge < -0.3 is 36.1 Å². The maximum Gasteiger partial charge on any atom is 0.208 e. The fourth-order valence-corrected chi connectivity index (χ4v) is 9.57. The average molecular weight is 828 g/mol. The lowest BCUT2D eigenvalue weighted by atomic mass is 9.86. The number of anilines is 2. The van der Waals surface area contributed by atoms with Crippen molar-refractivity contribution in [3.05, 3.63) is 131 Å². The number of nitrogens with one attached hydrogen (secondary N) is 4. The molecule has 2 saturated heterocycles. The van der Waals surface area contributed by atoms with Gasteiger partial charge in [-0.2, -0.15) is 0 Å². The first kappa shape index (κ1) is 43.5. The van der Waals surface area contributed by atoms with Gasteiger partial charge in [0.2, 0.25) is 5.96 Å². The lowest BCUT2D eigenvalue weighted by molar-refractivity contribution is 0.110. The molecule has 4 aliphatic rings. The molecule has 61 heavy (non-hydrogen) atoms. The quantitative estimate of drug-likeness (QED) is 0.160. The molecular weight excluding hydrogens is 765 g/mol. The van der Waals surface area contributed by atoms with Gasteiger partial charge in [-0.15, -0.1) is 0 Å². The summed E-state index contributed by atoms with van der Waals surface area (Å²) >= 11 is 0. The lowest BCUT2D eigenvalue weighted by Crippen LogP contribution is -2.48. The van der Waals surface area contributed by atoms with Crippen molar-refractivity contribution >= 4 is 40.5 Å². The number of hydrogen-bond acceptors (Lipinski definition) is 9. The van der Waals surface area contributed by atoms with Crippen LogP contribution in [0, 0.1) is 29.9 Å². The number of fused-ring (bicyclic) bond motifs is 5. The molecule has 2 aromatic carbocycles. The third kappa shape index (κ3) is 9.52. The Bertz CT molecular complexity index is 2270. The van der Waals surface area contributed by atoms with E-state index in [1.165, 1.54) is 18.3 Å². The number of nitrogens with zero attached hydrogens (tertiary/aromatic N) is 5. The number of halogens is 2. The first-order chi connectivity index (χ1) is 29.2. The molecule has 322 valence electrons. The Morgan fingerprint density at radius 2 is 1.79 bits per heavy atom. The summed E-state index contributed by atoms with van der Waals surface area (Å²) in [5.74, 6) is -0.262. The molecule has 9 nitrogen and oxygen atoms in total. The second-order valence-corrected chi connectivity index (χ2v) is 17.6. The zero-order chi connectivity index (χ0) is 43.5. The van der Waals surface area contributed by atoms with Gasteiger partial charge in [0.05, 0.1) is 22.8 Å². The molecule has 1 aromatic heterocycles. The fourth-order valence-electron chi connectivity index (χ4n) is 9.57. The molecule has 0 spiro atoms. The van der Waals surface area contributed by atoms with Crippen LogP contribution in [0.4, 0.5) is 20.2 Å². The van der Waals surface area contributed by atoms with Gasteiger partial charge in [-0.1, -0.05) is 45.7 Å². The molecule has 5 heterocycles. The number of pyridine rings is 1. The van der Waals surface area contributed by atoms with Crippen LogP contribution in [0.5, 0.6) is 0 Å². The van der Waals surface area contributed by atoms with Gasteiger partial charge in [-0.25, -0.2) is 13.8 Å². The summed E-state index contributed by atoms with van der Waals surface area (Å²) in [4.78, 5) is 17.0. The number of aliphatic imine (C=N–C) groups is 1. The number of aryl methyl sites for hydroxylation is 1. The van der Waals surface area contributed by atoms with E-state index < -0.39 is 17.6 Å². The number of aromatic nitrogens is 1. The van der Waals surface area contributed by atoms with Crippen molar-refractivity contribution in [1.29, 1.82) is 5.41 Å². The van der Waals surface area contributed by atoms with E-state index in [-0.39, 0.29) is 5.56 Å². The van der Waals surface area contributed by atoms with Crippen LogP contribution in [0.1, 0.15) is 105 Å². The van der Waals surface area contributed by atoms with E-state index in [0.717, 1.165) is 121 Å². The smallest absolute Gasteiger partial charge is 0.208 e. The molecule has 2 unspecified atom stereocenters. The van der Waals surface area contributed by atoms with Crippen LogP contribution in [0.3, 0.4) is 0 Å². The zero-order valence-corrected chi connectivity index (χ0v) is 36.7. The van der Waals surface area contributed by atoms with E-state index in [4.69, 9.17) is 15.4 Å². The molecular formula is C50H63F2N9. The van der Waals surface area contributed by atoms with Crippen molar-refractivity contribution in [2.75, 3.05) is 43.9 Å². The van der Waals surface area contributed by atoms with Crippen LogP contribution in [0.25, 0.3) is 17.0 Å². The maximum atomic E-state index is 15.4. The number of hydrogen-bond donors (Lipinski definition) is 4. The van der Waals surface area contributed by atoms with Crippen molar-refractivity contribution in [3.63, 3.8) is 0 Å². The Morgan fingerprint density at radius 3 is 2.49 bits per heavy atom. The number of likely N-dealkylation sites (tertiary alicyclic amines) is 1. The number of benzene rings is 2. The normalized spacial score (nSPS) is 24.6. The number of allylic oxidation sites excluding steroid dienone is 4. The SMILES string of the molecule is C=C1CC[C@H](c2c(F)cc(CCN3CCC(N(C)C(=C)c4ccc5c(c4)N4C[C@H](C)CCCC/C(NC)=C(/C=N)c6cc(cc(C)n6)C(=C)/N=C/4N5)CC3C)cc2F)C(=C)N1. The molecule has 2 fully saturated rings. The Labute approximate surface area is 361 Å². The van der Waals surface area contributed by atoms with Crippen LogP contribution in [-0.2, 0) is 6.42 Å². The summed E-state index contributed by atoms with van der Waals surface area (Å²) in [5, 5.41) is 18.3. The predicted molar refractivity (Wildman–Crippen MR) is 250 cm³/mol. The average Bonchev–Trinajstić information content (AvgIpc) is 3.55. The van der Waals surface area contributed by atoms with E-state index in [1.807, 2.05) is 26.1 Å². The summed E-state index contributed by atoms with van der Waals surface area (Å²) in [6.45, 7) is 25.9. The van der Waals surface area contributed by atoms with Crippen LogP contribution in [-0.4, -0.2) is 72.8 Å². The van der Waals surface area contributed by atoms with Crippen molar-refractivity contribution in [1.82, 2.24) is 25.4 Å². The van der Waals surface area contributed by atoms with Gasteiger partial charge in [-0.3, -0.25) is 4.98 Å². The highest BCUT2D eigenvalue weighted by Crippen LogP contribution is 2.39. The van der Waals surface area contributed by atoms with Crippen LogP contribution in [0.2, 0.25) is 0 Å². The standard InChI is InChI=1S/C50H63F2N9/c1-30-12-10-11-13-45(54-8)42(28-53)47-26-39(22-32(3)56-47)34(5)57-50-58-46-17-15-38(27-48(46)61(50)29-30)36(7)59(9)40-19-21-60(33(4)23-40)20-18-37-24-43(51)49(44(52)25-37)41-16-14-31(2)55-35(41)6/h15,17,22,24-28,30,33,40-41,53-55H,2,5-7,10-14,16,18-21,23,29H2,1,3-4,8-9H3,(H,57,58)/b45-42+,53-28?/t30-,33?,40?,41+/m1/s1. The van der Waals surface area contributed by atoms with Crippen LogP contribution >= 0.6 is 0 Å². The van der Waals surface area contributed by atoms with Gasteiger partial charge in [0, 0.05) is 103 Å². The summed E-state index contributed by atoms with van der Waals surface area (Å²) in [6.07, 6.45) is 9.12. The number of piperidine rings is 2. The lowest BCUT2D eigenvalue weighted by Gasteiger charge is -2.42. The Balaban J connectivity index is 1.03. The van der Waals surface area contributed by atoms with E-state index in [9.17, 15) is 0 Å². The van der Waals surface area contributed by atoms with E-state index in [0.29, 0.717) is 54.2 Å². The Morgan fingerprint density at radius 1 is 1.02 bits per heavy atom. The molecule has 3 aromatic rings. The van der Waals surface area contributed by atoms with Gasteiger partial charge in [0.1, 0.15) is 11.6 Å². The maximum absolute atomic E-state index is 15.4. The largest absolute Gasteiger partial charge is 0.391 e. The first-order valence-corrected chi connectivity index (χ1v) is 21.9. The molecule has 11 heteroatoms. The predicted octanol–water partition coefficient (Wildman–Crippen LogP) is 10.2. The minimum absolute atomic E-state index is 0.101. The second-order valence-electron chi connectivity index (χ2n) is 17.6. The van der Waals surface area contributed by atoms with Crippen molar-refractivity contribution in [2.45, 2.75) is 96.6 Å². The second kappa shape index (κ2) is 18.6. The minimum atomic E-state index is -0.499. The molecule has 4 N–H and O–H groups in total. The van der Waals surface area contributed by atoms with Crippen molar-refractivity contribution < 1.29 is 8.78 Å². The first-order valence-electron chi connectivity index (χ1n) is 21.9. The third-order valence-corrected chi connectivity index (χ3v) is 13.2. The molecule has 4 aliphatic heterocycles. The van der Waals surface area contributed by atoms with Gasteiger partial charge in [0.25, 0.3) is 0 Å². The number of rotatable bonds is 9. The van der Waals surface area contributed by atoms with E-state index in [2.05, 4.69) is 96.1 Å². The summed E-state index contributed by atoms with van der Waals surface area (Å²) in [6, 6.07) is 14.1. The molecule has 2 bridgehead atoms. The van der Waals surface area contributed by atoms with Gasteiger partial charge >= 0.3 is 0 Å². The van der Waals surface area contributed by atoms with Crippen molar-refractivity contribution in [2.24, 2.45) is 10.9 Å². The van der Waals surface area contributed by atoms with Crippen LogP contribution < -0.4 is 20.9 Å². The molecule has 4 atom stereocenters. The summed E-state index contributed by atoms with van der Waals surface area (Å²) in [7, 11) is 4.07. The number of guanidine groups is 1. The highest BCUT2D eigenvalue weighted by atomic mass is 19.1. The molecule has 0 saturated carbocycles. The summed E-state index contributed by atoms with van der Waals surface area (Å²) < 4.78 is 30.8. The third-order valence-electron chi connectivity index (χ3n) is 13.2. The van der Waals surface area contributed by atoms with E-state index >= 15 is 8.78 Å². The Kier molecular flexibility index (Phi) is 13.3. The fraction of sp³-hybridized carbons (Fsp3) is 0.420. The van der Waals surface area contributed by atoms with E-state index in [1.54, 1.807) is 0 Å². The van der Waals surface area contributed by atoms with Gasteiger partial charge in [0.15, 0.2) is 0 Å². The zero-order valence-electron chi connectivity index (χ0n) is 36.7. The topological polar surface area (TPSA) is 94.9 Å². The molecule has 7 rings (SSSR count). The monoisotopic (exact) mass is 828 g/mol. The molecule has 0 amide bonds. The molecule has 0 radical (unpaired) electrons. The summed E-state index contributed by atoms with van der Waals surface area (Å²) in [5.41, 5.74) is 11.2. The highest BCUT2D eigenvalue weighted by Gasteiger charge is 2.32. The van der Waals surface area contributed by atoms with Crippen LogP contribution in [0.15, 0.2) is 90.9 Å². The Hall–Kier alpha value is -5.55. The highest BCUT2D eigenvalue weighted by molar-refractivity contribution is 6.16.